The lowest BCUT2D eigenvalue weighted by Crippen LogP contribution is -2.09. The molecule has 0 bridgehead atoms. The molecule has 0 unspecified atom stereocenters. The summed E-state index contributed by atoms with van der Waals surface area (Å²) in [5.74, 6) is 0.679. The second kappa shape index (κ2) is 3.97. The summed E-state index contributed by atoms with van der Waals surface area (Å²) in [6.07, 6.45) is 6.55. The summed E-state index contributed by atoms with van der Waals surface area (Å²) < 4.78 is 5.50. The normalized spacial score (nSPS) is 25.2. The van der Waals surface area contributed by atoms with Crippen LogP contribution in [0.4, 0.5) is 0 Å². The minimum absolute atomic E-state index is 0.679. The molecule has 1 saturated heterocycles. The van der Waals surface area contributed by atoms with Gasteiger partial charge in [-0.1, -0.05) is 18.2 Å². The van der Waals surface area contributed by atoms with Gasteiger partial charge < -0.3 is 4.74 Å². The maximum atomic E-state index is 5.50. The lowest BCUT2D eigenvalue weighted by Gasteiger charge is -2.21. The van der Waals surface area contributed by atoms with E-state index in [1.807, 2.05) is 0 Å². The fraction of sp³-hybridized carbons (Fsp3) is 0.571. The van der Waals surface area contributed by atoms with Gasteiger partial charge in [-0.3, -0.25) is 0 Å². The molecule has 0 radical (unpaired) electrons. The second-order valence-electron chi connectivity index (χ2n) is 4.75. The highest BCUT2D eigenvalue weighted by atomic mass is 16.5. The van der Waals surface area contributed by atoms with Crippen molar-refractivity contribution in [3.63, 3.8) is 0 Å². The molecule has 1 heteroatoms. The zero-order valence-electron chi connectivity index (χ0n) is 9.17. The SMILES string of the molecule is c1cc2c(c([C@@H]3CCOC3)c1)CCCC2. The van der Waals surface area contributed by atoms with Crippen molar-refractivity contribution in [3.05, 3.63) is 34.9 Å². The molecule has 3 rings (SSSR count). The van der Waals surface area contributed by atoms with Gasteiger partial charge in [0.1, 0.15) is 0 Å². The van der Waals surface area contributed by atoms with Crippen LogP contribution >= 0.6 is 0 Å². The van der Waals surface area contributed by atoms with Crippen LogP contribution in [0.3, 0.4) is 0 Å². The summed E-state index contributed by atoms with van der Waals surface area (Å²) in [5, 5.41) is 0. The standard InChI is InChI=1S/C14H18O/c1-2-6-13-11(4-1)5-3-7-14(13)12-8-9-15-10-12/h3,5,7,12H,1-2,4,6,8-10H2/t12-/m1/s1. The van der Waals surface area contributed by atoms with E-state index in [1.54, 1.807) is 16.7 Å². The Hall–Kier alpha value is -0.820. The summed E-state index contributed by atoms with van der Waals surface area (Å²) >= 11 is 0. The van der Waals surface area contributed by atoms with Gasteiger partial charge >= 0.3 is 0 Å². The topological polar surface area (TPSA) is 9.23 Å². The molecule has 15 heavy (non-hydrogen) atoms. The van der Waals surface area contributed by atoms with E-state index in [4.69, 9.17) is 4.74 Å². The van der Waals surface area contributed by atoms with E-state index < -0.39 is 0 Å². The van der Waals surface area contributed by atoms with Crippen LogP contribution in [-0.2, 0) is 17.6 Å². The van der Waals surface area contributed by atoms with Crippen LogP contribution in [0.5, 0.6) is 0 Å². The Labute approximate surface area is 91.5 Å². The molecule has 0 amide bonds. The van der Waals surface area contributed by atoms with Crippen molar-refractivity contribution in [3.8, 4) is 0 Å². The van der Waals surface area contributed by atoms with Gasteiger partial charge in [-0.15, -0.1) is 0 Å². The number of rotatable bonds is 1. The Morgan fingerprint density at radius 2 is 2.07 bits per heavy atom. The third-order valence-electron chi connectivity index (χ3n) is 3.80. The first-order chi connectivity index (χ1) is 7.45. The predicted octanol–water partition coefficient (Wildman–Crippen LogP) is 3.07. The van der Waals surface area contributed by atoms with Crippen molar-refractivity contribution >= 4 is 0 Å². The molecular weight excluding hydrogens is 184 g/mol. The van der Waals surface area contributed by atoms with Gasteiger partial charge in [0.25, 0.3) is 0 Å². The van der Waals surface area contributed by atoms with Crippen molar-refractivity contribution in [1.82, 2.24) is 0 Å². The molecule has 0 aromatic heterocycles. The maximum absolute atomic E-state index is 5.50. The molecular formula is C14H18O. The third-order valence-corrected chi connectivity index (χ3v) is 3.80. The first-order valence-electron chi connectivity index (χ1n) is 6.13. The molecule has 0 saturated carbocycles. The number of aryl methyl sites for hydroxylation is 1. The summed E-state index contributed by atoms with van der Waals surface area (Å²) in [6, 6.07) is 6.87. The van der Waals surface area contributed by atoms with Crippen molar-refractivity contribution in [2.24, 2.45) is 0 Å². The van der Waals surface area contributed by atoms with E-state index in [2.05, 4.69) is 18.2 Å². The summed E-state index contributed by atoms with van der Waals surface area (Å²) in [7, 11) is 0. The maximum Gasteiger partial charge on any atom is 0.0535 e. The molecule has 80 valence electrons. The van der Waals surface area contributed by atoms with E-state index in [9.17, 15) is 0 Å². The Bertz CT molecular complexity index is 350. The molecule has 2 aliphatic rings. The van der Waals surface area contributed by atoms with Crippen molar-refractivity contribution < 1.29 is 4.74 Å². The second-order valence-corrected chi connectivity index (χ2v) is 4.75. The van der Waals surface area contributed by atoms with Gasteiger partial charge in [0.05, 0.1) is 6.61 Å². The van der Waals surface area contributed by atoms with Gasteiger partial charge in [0, 0.05) is 12.5 Å². The first kappa shape index (κ1) is 9.41. The number of ether oxygens (including phenoxy) is 1. The number of fused-ring (bicyclic) bond motifs is 1. The summed E-state index contributed by atoms with van der Waals surface area (Å²) in [4.78, 5) is 0. The van der Waals surface area contributed by atoms with E-state index in [0.29, 0.717) is 5.92 Å². The van der Waals surface area contributed by atoms with Crippen LogP contribution in [0.15, 0.2) is 18.2 Å². The lowest BCUT2D eigenvalue weighted by molar-refractivity contribution is 0.194. The Morgan fingerprint density at radius 3 is 2.93 bits per heavy atom. The Kier molecular flexibility index (Phi) is 2.49. The van der Waals surface area contributed by atoms with Gasteiger partial charge in [0.2, 0.25) is 0 Å². The molecule has 1 atom stereocenters. The summed E-state index contributed by atoms with van der Waals surface area (Å²) in [6.45, 7) is 1.89. The van der Waals surface area contributed by atoms with Crippen LogP contribution in [0, 0.1) is 0 Å². The van der Waals surface area contributed by atoms with Gasteiger partial charge in [-0.25, -0.2) is 0 Å². The fourth-order valence-electron chi connectivity index (χ4n) is 2.97. The van der Waals surface area contributed by atoms with Gasteiger partial charge in [-0.05, 0) is 48.8 Å². The van der Waals surface area contributed by atoms with E-state index >= 15 is 0 Å². The number of hydrogen-bond acceptors (Lipinski definition) is 1. The highest BCUT2D eigenvalue weighted by Gasteiger charge is 2.22. The Balaban J connectivity index is 1.99. The number of hydrogen-bond donors (Lipinski definition) is 0. The van der Waals surface area contributed by atoms with E-state index in [-0.39, 0.29) is 0 Å². The average molecular weight is 202 g/mol. The van der Waals surface area contributed by atoms with Gasteiger partial charge in [-0.2, -0.15) is 0 Å². The monoisotopic (exact) mass is 202 g/mol. The molecule has 1 aromatic carbocycles. The molecule has 1 aromatic rings. The van der Waals surface area contributed by atoms with Crippen molar-refractivity contribution in [2.75, 3.05) is 13.2 Å². The molecule has 1 nitrogen and oxygen atoms in total. The van der Waals surface area contributed by atoms with E-state index in [0.717, 1.165) is 13.2 Å². The van der Waals surface area contributed by atoms with Crippen LogP contribution in [0.2, 0.25) is 0 Å². The van der Waals surface area contributed by atoms with Crippen LogP contribution in [-0.4, -0.2) is 13.2 Å². The van der Waals surface area contributed by atoms with Crippen LogP contribution in [0.1, 0.15) is 41.9 Å². The smallest absolute Gasteiger partial charge is 0.0535 e. The quantitative estimate of drug-likeness (QED) is 0.680. The van der Waals surface area contributed by atoms with Crippen molar-refractivity contribution in [1.29, 1.82) is 0 Å². The van der Waals surface area contributed by atoms with Crippen LogP contribution < -0.4 is 0 Å². The number of benzene rings is 1. The third kappa shape index (κ3) is 1.69. The molecule has 1 aliphatic heterocycles. The van der Waals surface area contributed by atoms with Crippen LogP contribution in [0.25, 0.3) is 0 Å². The molecule has 1 fully saturated rings. The average Bonchev–Trinajstić information content (AvgIpc) is 2.82. The molecule has 0 spiro atoms. The van der Waals surface area contributed by atoms with Crippen molar-refractivity contribution in [2.45, 2.75) is 38.0 Å². The van der Waals surface area contributed by atoms with E-state index in [1.165, 1.54) is 32.1 Å². The summed E-state index contributed by atoms with van der Waals surface area (Å²) in [5.41, 5.74) is 4.84. The highest BCUT2D eigenvalue weighted by Crippen LogP contribution is 2.33. The van der Waals surface area contributed by atoms with Gasteiger partial charge in [0.15, 0.2) is 0 Å². The first-order valence-corrected chi connectivity index (χ1v) is 6.13. The molecule has 1 heterocycles. The molecule has 1 aliphatic carbocycles. The lowest BCUT2D eigenvalue weighted by atomic mass is 9.83. The minimum Gasteiger partial charge on any atom is -0.381 e. The Morgan fingerprint density at radius 1 is 1.13 bits per heavy atom. The predicted molar refractivity (Wildman–Crippen MR) is 61.3 cm³/mol. The fourth-order valence-corrected chi connectivity index (χ4v) is 2.97. The highest BCUT2D eigenvalue weighted by molar-refractivity contribution is 5.39. The zero-order chi connectivity index (χ0) is 10.1. The molecule has 0 N–H and O–H groups in total. The zero-order valence-corrected chi connectivity index (χ0v) is 9.17. The largest absolute Gasteiger partial charge is 0.381 e. The minimum atomic E-state index is 0.679.